The van der Waals surface area contributed by atoms with Crippen molar-refractivity contribution >= 4 is 49.7 Å². The number of aromatic nitrogens is 2. The maximum Gasteiger partial charge on any atom is 0.293 e. The minimum atomic E-state index is -3.91. The summed E-state index contributed by atoms with van der Waals surface area (Å²) in [7, 11) is -2.50. The average molecular weight is 423 g/mol. The highest BCUT2D eigenvalue weighted by molar-refractivity contribution is 7.94. The number of nitrogens with one attached hydrogen (secondary N) is 1. The van der Waals surface area contributed by atoms with Crippen LogP contribution in [0.1, 0.15) is 15.9 Å². The summed E-state index contributed by atoms with van der Waals surface area (Å²) in [5, 5.41) is 10.7. The molecule has 0 saturated heterocycles. The summed E-state index contributed by atoms with van der Waals surface area (Å²) >= 11 is 6.62. The number of carbonyl (C=O) groups excluding carboxylic acids is 1. The summed E-state index contributed by atoms with van der Waals surface area (Å²) in [5.74, 6) is -0.376. The lowest BCUT2D eigenvalue weighted by Crippen LogP contribution is -2.26. The summed E-state index contributed by atoms with van der Waals surface area (Å²) in [6.45, 7) is 1.81. The fourth-order valence-electron chi connectivity index (χ4n) is 2.26. The Hall–Kier alpha value is -2.49. The molecule has 0 aliphatic heterocycles. The average Bonchev–Trinajstić information content (AvgIpc) is 3.11. The van der Waals surface area contributed by atoms with Gasteiger partial charge in [-0.25, -0.2) is 0 Å². The van der Waals surface area contributed by atoms with E-state index in [-0.39, 0.29) is 15.4 Å². The van der Waals surface area contributed by atoms with Crippen molar-refractivity contribution < 1.29 is 13.2 Å². The van der Waals surface area contributed by atoms with Crippen LogP contribution in [0.2, 0.25) is 5.02 Å². The number of nitrogens with zero attached hydrogens (tertiary/aromatic N) is 3. The lowest BCUT2D eigenvalue weighted by molar-refractivity contribution is 0.102. The monoisotopic (exact) mass is 422 g/mol. The first kappa shape index (κ1) is 19.3. The molecule has 0 unspecified atom stereocenters. The van der Waals surface area contributed by atoms with Gasteiger partial charge in [0.1, 0.15) is 0 Å². The molecule has 10 heteroatoms. The number of hydrogen-bond donors (Lipinski definition) is 1. The molecule has 1 N–H and O–H groups in total. The van der Waals surface area contributed by atoms with Gasteiger partial charge >= 0.3 is 0 Å². The third kappa shape index (κ3) is 4.10. The number of carbonyl (C=O) groups is 1. The lowest BCUT2D eigenvalue weighted by Gasteiger charge is -2.17. The quantitative estimate of drug-likeness (QED) is 0.634. The van der Waals surface area contributed by atoms with Crippen LogP contribution in [0, 0.1) is 6.92 Å². The van der Waals surface area contributed by atoms with Crippen molar-refractivity contribution in [2.24, 2.45) is 0 Å². The van der Waals surface area contributed by atoms with E-state index in [9.17, 15) is 13.2 Å². The molecule has 0 aliphatic carbocycles. The number of halogens is 1. The SMILES string of the molecule is Cc1ccccc1C(=O)Nc1nnc(S(=O)(=O)N(C)c2ccc(Cl)cc2)s1. The van der Waals surface area contributed by atoms with Crippen molar-refractivity contribution in [3.05, 3.63) is 64.7 Å². The molecule has 0 radical (unpaired) electrons. The van der Waals surface area contributed by atoms with Gasteiger partial charge < -0.3 is 0 Å². The molecule has 0 aliphatic rings. The van der Waals surface area contributed by atoms with Gasteiger partial charge in [0, 0.05) is 17.6 Å². The van der Waals surface area contributed by atoms with E-state index in [1.807, 2.05) is 19.1 Å². The van der Waals surface area contributed by atoms with E-state index < -0.39 is 10.0 Å². The van der Waals surface area contributed by atoms with Crippen LogP contribution < -0.4 is 9.62 Å². The van der Waals surface area contributed by atoms with E-state index in [1.54, 1.807) is 36.4 Å². The largest absolute Gasteiger partial charge is 0.296 e. The summed E-state index contributed by atoms with van der Waals surface area (Å²) in [5.41, 5.74) is 1.71. The molecule has 27 heavy (non-hydrogen) atoms. The molecule has 2 aromatic carbocycles. The van der Waals surface area contributed by atoms with Crippen LogP contribution in [0.15, 0.2) is 52.9 Å². The fraction of sp³-hybridized carbons (Fsp3) is 0.118. The number of sulfonamides is 1. The van der Waals surface area contributed by atoms with Gasteiger partial charge in [-0.15, -0.1) is 10.2 Å². The van der Waals surface area contributed by atoms with Gasteiger partial charge in [-0.1, -0.05) is 41.1 Å². The number of benzene rings is 2. The molecule has 1 aromatic heterocycles. The molecule has 3 aromatic rings. The summed E-state index contributed by atoms with van der Waals surface area (Å²) in [4.78, 5) is 12.3. The van der Waals surface area contributed by atoms with Crippen LogP contribution in [-0.2, 0) is 10.0 Å². The molecular formula is C17H15ClN4O3S2. The standard InChI is InChI=1S/C17H15ClN4O3S2/c1-11-5-3-4-6-14(11)15(23)19-16-20-21-17(26-16)27(24,25)22(2)13-9-7-12(18)8-10-13/h3-10H,1-2H3,(H,19,20,23). The van der Waals surface area contributed by atoms with Crippen molar-refractivity contribution in [3.63, 3.8) is 0 Å². The minimum absolute atomic E-state index is 0.103. The number of amides is 1. The molecule has 0 bridgehead atoms. The van der Waals surface area contributed by atoms with Crippen molar-refractivity contribution in [1.29, 1.82) is 0 Å². The highest BCUT2D eigenvalue weighted by atomic mass is 35.5. The molecular weight excluding hydrogens is 408 g/mol. The van der Waals surface area contributed by atoms with E-state index in [0.29, 0.717) is 16.3 Å². The van der Waals surface area contributed by atoms with Crippen molar-refractivity contribution in [2.75, 3.05) is 16.7 Å². The summed E-state index contributed by atoms with van der Waals surface area (Å²) < 4.78 is 26.3. The molecule has 140 valence electrons. The summed E-state index contributed by atoms with van der Waals surface area (Å²) in [6, 6.07) is 13.4. The highest BCUT2D eigenvalue weighted by Crippen LogP contribution is 2.27. The Kier molecular flexibility index (Phi) is 5.45. The molecule has 0 atom stereocenters. The zero-order chi connectivity index (χ0) is 19.6. The van der Waals surface area contributed by atoms with E-state index in [0.717, 1.165) is 21.2 Å². The third-order valence-corrected chi connectivity index (χ3v) is 7.01. The van der Waals surface area contributed by atoms with Crippen LogP contribution in [-0.4, -0.2) is 31.6 Å². The van der Waals surface area contributed by atoms with Gasteiger partial charge in [-0.05, 0) is 42.8 Å². The molecule has 0 saturated carbocycles. The first-order chi connectivity index (χ1) is 12.8. The Morgan fingerprint density at radius 2 is 1.78 bits per heavy atom. The van der Waals surface area contributed by atoms with Crippen LogP contribution in [0.3, 0.4) is 0 Å². The molecule has 0 spiro atoms. The van der Waals surface area contributed by atoms with Crippen LogP contribution in [0.5, 0.6) is 0 Å². The van der Waals surface area contributed by atoms with Crippen molar-refractivity contribution in [3.8, 4) is 0 Å². The van der Waals surface area contributed by atoms with Gasteiger partial charge in [0.25, 0.3) is 20.3 Å². The number of anilines is 2. The molecule has 1 amide bonds. The maximum atomic E-state index is 12.7. The van der Waals surface area contributed by atoms with Gasteiger partial charge in [0.15, 0.2) is 0 Å². The topological polar surface area (TPSA) is 92.3 Å². The Morgan fingerprint density at radius 3 is 2.44 bits per heavy atom. The molecule has 1 heterocycles. The van der Waals surface area contributed by atoms with Crippen molar-refractivity contribution in [1.82, 2.24) is 10.2 Å². The Morgan fingerprint density at radius 1 is 1.11 bits per heavy atom. The Labute approximate surface area is 165 Å². The predicted molar refractivity (Wildman–Crippen MR) is 106 cm³/mol. The van der Waals surface area contributed by atoms with Crippen LogP contribution in [0.4, 0.5) is 10.8 Å². The zero-order valence-electron chi connectivity index (χ0n) is 14.4. The zero-order valence-corrected chi connectivity index (χ0v) is 16.8. The van der Waals surface area contributed by atoms with Gasteiger partial charge in [-0.3, -0.25) is 14.4 Å². The normalized spacial score (nSPS) is 11.2. The lowest BCUT2D eigenvalue weighted by atomic mass is 10.1. The van der Waals surface area contributed by atoms with Crippen LogP contribution >= 0.6 is 22.9 Å². The molecule has 0 fully saturated rings. The van der Waals surface area contributed by atoms with E-state index in [2.05, 4.69) is 15.5 Å². The third-order valence-electron chi connectivity index (χ3n) is 3.79. The number of hydrogen-bond acceptors (Lipinski definition) is 6. The van der Waals surface area contributed by atoms with Gasteiger partial charge in [0.05, 0.1) is 5.69 Å². The number of rotatable bonds is 5. The smallest absolute Gasteiger partial charge is 0.293 e. The maximum absolute atomic E-state index is 12.7. The molecule has 7 nitrogen and oxygen atoms in total. The second-order valence-electron chi connectivity index (χ2n) is 5.59. The second kappa shape index (κ2) is 7.63. The Balaban J connectivity index is 1.81. The second-order valence-corrected chi connectivity index (χ2v) is 9.15. The number of aryl methyl sites for hydroxylation is 1. The first-order valence-corrected chi connectivity index (χ1v) is 10.4. The van der Waals surface area contributed by atoms with E-state index >= 15 is 0 Å². The Bertz CT molecular complexity index is 1080. The van der Waals surface area contributed by atoms with E-state index in [1.165, 1.54) is 7.05 Å². The highest BCUT2D eigenvalue weighted by Gasteiger charge is 2.26. The molecule has 3 rings (SSSR count). The van der Waals surface area contributed by atoms with Crippen molar-refractivity contribution in [2.45, 2.75) is 11.3 Å². The first-order valence-electron chi connectivity index (χ1n) is 7.74. The fourth-order valence-corrected chi connectivity index (χ4v) is 4.63. The predicted octanol–water partition coefficient (Wildman–Crippen LogP) is 3.58. The minimum Gasteiger partial charge on any atom is -0.296 e. The van der Waals surface area contributed by atoms with Crippen LogP contribution in [0.25, 0.3) is 0 Å². The summed E-state index contributed by atoms with van der Waals surface area (Å²) in [6.07, 6.45) is 0. The van der Waals surface area contributed by atoms with E-state index in [4.69, 9.17) is 11.6 Å². The van der Waals surface area contributed by atoms with Gasteiger partial charge in [-0.2, -0.15) is 8.42 Å². The van der Waals surface area contributed by atoms with Gasteiger partial charge in [0.2, 0.25) is 5.13 Å².